The quantitative estimate of drug-likeness (QED) is 0.179. The van der Waals surface area contributed by atoms with Crippen LogP contribution in [0.25, 0.3) is 110 Å². The number of rotatable bonds is 3. The highest BCUT2D eigenvalue weighted by molar-refractivity contribution is 6.26. The standard InChI is InChI=1S/C51H25F3N4O2/c52-51(53,54)30-17-18-31(29(23-30)26-55)28-24-41(57-39-13-5-1-9-32(39)34-19-21-45-47(49(34)57)36-11-3-7-15-43(36)59-45)38(27-56)42(25-28)58-40-14-6-2-10-33(40)35-20-22-46-48(50(35)58)37-12-4-8-16-44(37)60-46/h1-25H. The summed E-state index contributed by atoms with van der Waals surface area (Å²) in [4.78, 5) is 0. The first-order chi connectivity index (χ1) is 29.3. The van der Waals surface area contributed by atoms with Crippen LogP contribution in [0.2, 0.25) is 0 Å². The molecule has 12 aromatic rings. The highest BCUT2D eigenvalue weighted by Gasteiger charge is 2.32. The third kappa shape index (κ3) is 4.57. The van der Waals surface area contributed by atoms with Crippen LogP contribution in [0.5, 0.6) is 0 Å². The van der Waals surface area contributed by atoms with Crippen molar-refractivity contribution in [1.82, 2.24) is 9.13 Å². The molecule has 9 heteroatoms. The van der Waals surface area contributed by atoms with Gasteiger partial charge in [-0.3, -0.25) is 0 Å². The van der Waals surface area contributed by atoms with Gasteiger partial charge in [0.1, 0.15) is 34.0 Å². The second-order valence-electron chi connectivity index (χ2n) is 14.9. The fourth-order valence-corrected chi connectivity index (χ4v) is 9.33. The van der Waals surface area contributed by atoms with Crippen LogP contribution < -0.4 is 0 Å². The Morgan fingerprint density at radius 3 is 1.43 bits per heavy atom. The number of benzene rings is 8. The largest absolute Gasteiger partial charge is 0.456 e. The van der Waals surface area contributed by atoms with Crippen molar-refractivity contribution in [2.45, 2.75) is 6.18 Å². The maximum Gasteiger partial charge on any atom is 0.416 e. The summed E-state index contributed by atoms with van der Waals surface area (Å²) in [5, 5.41) is 29.2. The van der Waals surface area contributed by atoms with Gasteiger partial charge in [-0.25, -0.2) is 0 Å². The molecule has 12 rings (SSSR count). The van der Waals surface area contributed by atoms with E-state index < -0.39 is 11.7 Å². The lowest BCUT2D eigenvalue weighted by atomic mass is 9.95. The van der Waals surface area contributed by atoms with Gasteiger partial charge < -0.3 is 18.0 Å². The summed E-state index contributed by atoms with van der Waals surface area (Å²) in [6.45, 7) is 0. The van der Waals surface area contributed by atoms with Crippen molar-refractivity contribution in [1.29, 1.82) is 10.5 Å². The second-order valence-corrected chi connectivity index (χ2v) is 14.9. The molecule has 0 fully saturated rings. The van der Waals surface area contributed by atoms with E-state index in [0.29, 0.717) is 44.8 Å². The van der Waals surface area contributed by atoms with E-state index in [2.05, 4.69) is 15.2 Å². The zero-order valence-corrected chi connectivity index (χ0v) is 31.2. The Hall–Kier alpha value is -8.27. The minimum atomic E-state index is -4.66. The van der Waals surface area contributed by atoms with E-state index in [1.807, 2.05) is 140 Å². The maximum atomic E-state index is 14.1. The van der Waals surface area contributed by atoms with Crippen LogP contribution in [0, 0.1) is 22.7 Å². The van der Waals surface area contributed by atoms with Crippen molar-refractivity contribution >= 4 is 87.5 Å². The van der Waals surface area contributed by atoms with Gasteiger partial charge in [0.05, 0.1) is 61.4 Å². The number of halogens is 3. The molecule has 282 valence electrons. The van der Waals surface area contributed by atoms with Gasteiger partial charge >= 0.3 is 6.18 Å². The Morgan fingerprint density at radius 1 is 0.467 bits per heavy atom. The van der Waals surface area contributed by atoms with Crippen LogP contribution in [-0.2, 0) is 6.18 Å². The molecular weight excluding hydrogens is 758 g/mol. The van der Waals surface area contributed by atoms with Crippen LogP contribution >= 0.6 is 0 Å². The van der Waals surface area contributed by atoms with Gasteiger partial charge in [0.25, 0.3) is 0 Å². The summed E-state index contributed by atoms with van der Waals surface area (Å²) < 4.78 is 59.2. The Bertz CT molecular complexity index is 3710. The summed E-state index contributed by atoms with van der Waals surface area (Å²) >= 11 is 0. The first-order valence-corrected chi connectivity index (χ1v) is 19.2. The molecular formula is C51H25F3N4O2. The van der Waals surface area contributed by atoms with Crippen LogP contribution in [0.1, 0.15) is 16.7 Å². The molecule has 6 nitrogen and oxygen atoms in total. The molecule has 0 N–H and O–H groups in total. The van der Waals surface area contributed by atoms with Crippen LogP contribution in [0.4, 0.5) is 13.2 Å². The summed E-state index contributed by atoms with van der Waals surface area (Å²) in [7, 11) is 0. The molecule has 0 spiro atoms. The fraction of sp³-hybridized carbons (Fsp3) is 0.0196. The van der Waals surface area contributed by atoms with Crippen molar-refractivity contribution in [3.8, 4) is 34.6 Å². The zero-order chi connectivity index (χ0) is 40.4. The summed E-state index contributed by atoms with van der Waals surface area (Å²) in [6.07, 6.45) is -4.66. The molecule has 0 aliphatic rings. The number of hydrogen-bond donors (Lipinski definition) is 0. The lowest BCUT2D eigenvalue weighted by molar-refractivity contribution is -0.137. The summed E-state index contributed by atoms with van der Waals surface area (Å²) in [5.41, 5.74) is 6.89. The van der Waals surface area contributed by atoms with E-state index in [1.54, 1.807) is 0 Å². The molecule has 4 aromatic heterocycles. The average Bonchev–Trinajstić information content (AvgIpc) is 4.02. The molecule has 0 amide bonds. The third-order valence-electron chi connectivity index (χ3n) is 11.8. The number of furan rings is 2. The van der Waals surface area contributed by atoms with Crippen molar-refractivity contribution in [2.24, 2.45) is 0 Å². The van der Waals surface area contributed by atoms with Gasteiger partial charge in [0.2, 0.25) is 0 Å². The minimum absolute atomic E-state index is 0.151. The van der Waals surface area contributed by atoms with Crippen LogP contribution in [0.15, 0.2) is 160 Å². The molecule has 0 saturated heterocycles. The van der Waals surface area contributed by atoms with Gasteiger partial charge in [-0.05, 0) is 83.9 Å². The van der Waals surface area contributed by atoms with Crippen molar-refractivity contribution in [3.05, 3.63) is 168 Å². The number of alkyl halides is 3. The Morgan fingerprint density at radius 2 is 0.950 bits per heavy atom. The van der Waals surface area contributed by atoms with Crippen LogP contribution in [-0.4, -0.2) is 9.13 Å². The molecule has 8 aromatic carbocycles. The SMILES string of the molecule is N#Cc1cc(C(F)(F)F)ccc1-c1cc(-n2c3ccccc3c3ccc4oc5ccccc5c4c32)c(C#N)c(-n2c3ccccc3c3ccc4oc5ccccc5c4c32)c1. The molecule has 0 aliphatic carbocycles. The van der Waals surface area contributed by atoms with Gasteiger partial charge in [0, 0.05) is 32.3 Å². The first kappa shape index (κ1) is 33.8. The molecule has 0 radical (unpaired) electrons. The average molecular weight is 783 g/mol. The Kier molecular flexibility index (Phi) is 6.84. The molecule has 4 heterocycles. The van der Waals surface area contributed by atoms with Gasteiger partial charge in [-0.15, -0.1) is 0 Å². The predicted molar refractivity (Wildman–Crippen MR) is 230 cm³/mol. The zero-order valence-electron chi connectivity index (χ0n) is 31.2. The fourth-order valence-electron chi connectivity index (χ4n) is 9.33. The number of para-hydroxylation sites is 4. The van der Waals surface area contributed by atoms with Gasteiger partial charge in [-0.1, -0.05) is 78.9 Å². The van der Waals surface area contributed by atoms with E-state index in [4.69, 9.17) is 8.83 Å². The van der Waals surface area contributed by atoms with E-state index in [1.165, 1.54) is 6.07 Å². The highest BCUT2D eigenvalue weighted by atomic mass is 19.4. The van der Waals surface area contributed by atoms with Gasteiger partial charge in [0.15, 0.2) is 0 Å². The Balaban J connectivity index is 1.31. The molecule has 0 atom stereocenters. The summed E-state index contributed by atoms with van der Waals surface area (Å²) in [6, 6.07) is 51.0. The third-order valence-corrected chi connectivity index (χ3v) is 11.8. The first-order valence-electron chi connectivity index (χ1n) is 19.2. The van der Waals surface area contributed by atoms with Crippen molar-refractivity contribution < 1.29 is 22.0 Å². The smallest absolute Gasteiger partial charge is 0.416 e. The predicted octanol–water partition coefficient (Wildman–Crippen LogP) is 14.1. The van der Waals surface area contributed by atoms with Gasteiger partial charge in [-0.2, -0.15) is 23.7 Å². The lowest BCUT2D eigenvalue weighted by Crippen LogP contribution is -2.07. The normalized spacial score (nSPS) is 12.2. The van der Waals surface area contributed by atoms with Crippen molar-refractivity contribution in [3.63, 3.8) is 0 Å². The number of nitriles is 2. The number of hydrogen-bond acceptors (Lipinski definition) is 4. The molecule has 0 aliphatic heterocycles. The van der Waals surface area contributed by atoms with E-state index >= 15 is 0 Å². The van der Waals surface area contributed by atoms with Crippen LogP contribution in [0.3, 0.4) is 0 Å². The lowest BCUT2D eigenvalue weighted by Gasteiger charge is -2.19. The van der Waals surface area contributed by atoms with Crippen molar-refractivity contribution in [2.75, 3.05) is 0 Å². The number of aromatic nitrogens is 2. The second kappa shape index (κ2) is 12.1. The minimum Gasteiger partial charge on any atom is -0.456 e. The number of fused-ring (bicyclic) bond motifs is 14. The topological polar surface area (TPSA) is 83.7 Å². The highest BCUT2D eigenvalue weighted by Crippen LogP contribution is 2.46. The van der Waals surface area contributed by atoms with E-state index in [0.717, 1.165) is 77.3 Å². The molecule has 0 bridgehead atoms. The molecule has 0 unspecified atom stereocenters. The molecule has 0 saturated carbocycles. The maximum absolute atomic E-state index is 14.1. The Labute approximate surface area is 337 Å². The number of nitrogens with zero attached hydrogens (tertiary/aromatic N) is 4. The molecule has 60 heavy (non-hydrogen) atoms. The monoisotopic (exact) mass is 782 g/mol. The van der Waals surface area contributed by atoms with E-state index in [-0.39, 0.29) is 11.1 Å². The van der Waals surface area contributed by atoms with E-state index in [9.17, 15) is 23.7 Å². The summed E-state index contributed by atoms with van der Waals surface area (Å²) in [5.74, 6) is 0.